The fourth-order valence-electron chi connectivity index (χ4n) is 0.884. The summed E-state index contributed by atoms with van der Waals surface area (Å²) in [6.07, 6.45) is 0. The monoisotopic (exact) mass is 191 g/mol. The van der Waals surface area contributed by atoms with E-state index in [2.05, 4.69) is 4.74 Å². The summed E-state index contributed by atoms with van der Waals surface area (Å²) in [4.78, 5) is 21.3. The molecule has 0 radical (unpaired) electrons. The molecular weight excluding hydrogens is 174 g/mol. The first-order valence-corrected chi connectivity index (χ1v) is 4.06. The van der Waals surface area contributed by atoms with Crippen molar-refractivity contribution in [2.75, 3.05) is 20.8 Å². The van der Waals surface area contributed by atoms with Gasteiger partial charge < -0.3 is 4.74 Å². The maximum atomic E-state index is 11.3. The number of rotatable bonds is 5. The molecule has 0 spiro atoms. The van der Waals surface area contributed by atoms with E-state index in [1.165, 1.54) is 14.2 Å². The Hall–Kier alpha value is -0.650. The van der Waals surface area contributed by atoms with E-state index in [-0.39, 0.29) is 0 Å². The molecule has 0 atom stereocenters. The highest BCUT2D eigenvalue weighted by Crippen LogP contribution is 2.16. The van der Waals surface area contributed by atoms with Gasteiger partial charge in [0.2, 0.25) is 0 Å². The highest BCUT2D eigenvalue weighted by Gasteiger charge is 2.37. The molecule has 0 aliphatic rings. The second-order valence-electron chi connectivity index (χ2n) is 2.91. The van der Waals surface area contributed by atoms with Crippen LogP contribution in [0.3, 0.4) is 0 Å². The van der Waals surface area contributed by atoms with Gasteiger partial charge in [0.15, 0.2) is 5.54 Å². The Kier molecular flexibility index (Phi) is 4.90. The van der Waals surface area contributed by atoms with Gasteiger partial charge in [-0.15, -0.1) is 0 Å². The number of nitrogens with zero attached hydrogens (tertiary/aromatic N) is 1. The second-order valence-corrected chi connectivity index (χ2v) is 2.91. The number of hydrogen-bond acceptors (Lipinski definition) is 5. The molecule has 0 aromatic carbocycles. The van der Waals surface area contributed by atoms with Gasteiger partial charge in [-0.3, -0.25) is 9.68 Å². The lowest BCUT2D eigenvalue weighted by molar-refractivity contribution is -0.389. The Bertz CT molecular complexity index is 170. The predicted molar refractivity (Wildman–Crippen MR) is 46.6 cm³/mol. The number of methoxy groups -OCH3 is 1. The van der Waals surface area contributed by atoms with Crippen molar-refractivity contribution in [3.05, 3.63) is 0 Å². The fourth-order valence-corrected chi connectivity index (χ4v) is 0.884. The Morgan fingerprint density at radius 1 is 1.38 bits per heavy atom. The molecule has 0 unspecified atom stereocenters. The third kappa shape index (κ3) is 2.95. The van der Waals surface area contributed by atoms with Gasteiger partial charge in [0.25, 0.3) is 0 Å². The molecule has 0 rings (SSSR count). The molecule has 0 heterocycles. The summed E-state index contributed by atoms with van der Waals surface area (Å²) >= 11 is 0. The molecule has 0 N–H and O–H groups in total. The van der Waals surface area contributed by atoms with Crippen LogP contribution in [0.25, 0.3) is 0 Å². The Morgan fingerprint density at radius 2 is 1.92 bits per heavy atom. The highest BCUT2D eigenvalue weighted by molar-refractivity contribution is 5.79. The van der Waals surface area contributed by atoms with Crippen LogP contribution in [0, 0.1) is 0 Å². The van der Waals surface area contributed by atoms with E-state index in [0.29, 0.717) is 6.61 Å². The largest absolute Gasteiger partial charge is 0.468 e. The first kappa shape index (κ1) is 12.3. The minimum absolute atomic E-state index is 0.414. The Morgan fingerprint density at radius 3 is 2.23 bits per heavy atom. The smallest absolute Gasteiger partial charge is 0.330 e. The standard InChI is InChI=1S/C8H17NO4/c1-6-13-9(12-5)8(2,3)7(10)11-4/h6H2,1-5H3. The minimum atomic E-state index is -0.945. The van der Waals surface area contributed by atoms with Crippen LogP contribution in [0.2, 0.25) is 0 Å². The molecule has 0 fully saturated rings. The molecule has 78 valence electrons. The molecule has 0 aliphatic carbocycles. The molecule has 0 saturated carbocycles. The SMILES string of the molecule is CCON(OC)C(C)(C)C(=O)OC. The lowest BCUT2D eigenvalue weighted by Crippen LogP contribution is -2.50. The van der Waals surface area contributed by atoms with E-state index < -0.39 is 11.5 Å². The van der Waals surface area contributed by atoms with Crippen LogP contribution in [-0.4, -0.2) is 37.6 Å². The molecule has 13 heavy (non-hydrogen) atoms. The van der Waals surface area contributed by atoms with Crippen LogP contribution in [-0.2, 0) is 19.2 Å². The van der Waals surface area contributed by atoms with Crippen molar-refractivity contribution in [3.8, 4) is 0 Å². The summed E-state index contributed by atoms with van der Waals surface area (Å²) in [5.74, 6) is -0.414. The predicted octanol–water partition coefficient (Wildman–Crippen LogP) is 0.753. The van der Waals surface area contributed by atoms with Crippen molar-refractivity contribution in [2.45, 2.75) is 26.3 Å². The summed E-state index contributed by atoms with van der Waals surface area (Å²) in [5.41, 5.74) is -0.945. The van der Waals surface area contributed by atoms with Crippen molar-refractivity contribution in [1.29, 1.82) is 0 Å². The van der Waals surface area contributed by atoms with Crippen LogP contribution in [0.15, 0.2) is 0 Å². The average molecular weight is 191 g/mol. The second kappa shape index (κ2) is 5.16. The number of hydrogen-bond donors (Lipinski definition) is 0. The number of hydroxylamine groups is 2. The van der Waals surface area contributed by atoms with Crippen molar-refractivity contribution in [2.24, 2.45) is 0 Å². The normalized spacial score (nSPS) is 11.8. The van der Waals surface area contributed by atoms with Gasteiger partial charge in [0.1, 0.15) is 0 Å². The van der Waals surface area contributed by atoms with E-state index in [4.69, 9.17) is 9.68 Å². The molecule has 0 aliphatic heterocycles. The Labute approximate surface area is 78.5 Å². The van der Waals surface area contributed by atoms with Crippen molar-refractivity contribution in [3.63, 3.8) is 0 Å². The highest BCUT2D eigenvalue weighted by atomic mass is 16.9. The topological polar surface area (TPSA) is 48.0 Å². The van der Waals surface area contributed by atoms with Crippen molar-refractivity contribution >= 4 is 5.97 Å². The van der Waals surface area contributed by atoms with Gasteiger partial charge in [-0.2, -0.15) is 0 Å². The summed E-state index contributed by atoms with van der Waals surface area (Å²) in [5, 5.41) is 1.12. The molecule has 0 aromatic heterocycles. The van der Waals surface area contributed by atoms with Gasteiger partial charge in [0.05, 0.1) is 20.8 Å². The van der Waals surface area contributed by atoms with Gasteiger partial charge in [-0.05, 0) is 26.0 Å². The van der Waals surface area contributed by atoms with Crippen molar-refractivity contribution in [1.82, 2.24) is 5.23 Å². The summed E-state index contributed by atoms with van der Waals surface area (Å²) in [6.45, 7) is 5.53. The lowest BCUT2D eigenvalue weighted by atomic mass is 10.1. The zero-order valence-electron chi connectivity index (χ0n) is 8.79. The van der Waals surface area contributed by atoms with Crippen molar-refractivity contribution < 1.29 is 19.2 Å². The zero-order chi connectivity index (χ0) is 10.5. The lowest BCUT2D eigenvalue weighted by Gasteiger charge is -2.31. The summed E-state index contributed by atoms with van der Waals surface area (Å²) in [6, 6.07) is 0. The Balaban J connectivity index is 4.45. The molecule has 0 amide bonds. The van der Waals surface area contributed by atoms with E-state index in [9.17, 15) is 4.79 Å². The maximum absolute atomic E-state index is 11.3. The van der Waals surface area contributed by atoms with Gasteiger partial charge in [0, 0.05) is 0 Å². The fraction of sp³-hybridized carbons (Fsp3) is 0.875. The molecular formula is C8H17NO4. The zero-order valence-corrected chi connectivity index (χ0v) is 8.79. The first-order valence-electron chi connectivity index (χ1n) is 4.06. The van der Waals surface area contributed by atoms with Crippen LogP contribution in [0.1, 0.15) is 20.8 Å². The van der Waals surface area contributed by atoms with E-state index >= 15 is 0 Å². The van der Waals surface area contributed by atoms with Gasteiger partial charge >= 0.3 is 5.97 Å². The maximum Gasteiger partial charge on any atom is 0.330 e. The number of ether oxygens (including phenoxy) is 1. The summed E-state index contributed by atoms with van der Waals surface area (Å²) in [7, 11) is 2.75. The summed E-state index contributed by atoms with van der Waals surface area (Å²) < 4.78 is 4.60. The van der Waals surface area contributed by atoms with Crippen LogP contribution in [0.5, 0.6) is 0 Å². The van der Waals surface area contributed by atoms with Crippen LogP contribution in [0.4, 0.5) is 0 Å². The number of carbonyl (C=O) groups excluding carboxylic acids is 1. The van der Waals surface area contributed by atoms with Crippen LogP contribution >= 0.6 is 0 Å². The third-order valence-corrected chi connectivity index (χ3v) is 1.55. The molecule has 0 bridgehead atoms. The molecule has 5 nitrogen and oxygen atoms in total. The molecule has 0 aromatic rings. The minimum Gasteiger partial charge on any atom is -0.468 e. The quantitative estimate of drug-likeness (QED) is 0.474. The molecule has 5 heteroatoms. The van der Waals surface area contributed by atoms with E-state index in [0.717, 1.165) is 5.23 Å². The molecule has 0 saturated heterocycles. The van der Waals surface area contributed by atoms with E-state index in [1.54, 1.807) is 20.8 Å². The number of esters is 1. The number of carbonyl (C=O) groups is 1. The van der Waals surface area contributed by atoms with Gasteiger partial charge in [-0.25, -0.2) is 4.79 Å². The van der Waals surface area contributed by atoms with Crippen LogP contribution < -0.4 is 0 Å². The van der Waals surface area contributed by atoms with E-state index in [1.807, 2.05) is 0 Å². The first-order chi connectivity index (χ1) is 6.00. The average Bonchev–Trinajstić information content (AvgIpc) is 2.12. The van der Waals surface area contributed by atoms with Gasteiger partial charge in [-0.1, -0.05) is 0 Å². The third-order valence-electron chi connectivity index (χ3n) is 1.55.